The van der Waals surface area contributed by atoms with E-state index >= 15 is 0 Å². The van der Waals surface area contributed by atoms with Gasteiger partial charge in [-0.2, -0.15) is 0 Å². The van der Waals surface area contributed by atoms with E-state index in [-0.39, 0.29) is 0 Å². The van der Waals surface area contributed by atoms with Gasteiger partial charge in [0.1, 0.15) is 0 Å². The predicted octanol–water partition coefficient (Wildman–Crippen LogP) is 9.09. The average molecular weight is 535 g/mol. The highest BCUT2D eigenvalue weighted by atomic mass is 32.2. The lowest BCUT2D eigenvalue weighted by Gasteiger charge is -2.21. The van der Waals surface area contributed by atoms with Crippen molar-refractivity contribution in [1.29, 1.82) is 0 Å². The molecule has 0 N–H and O–H groups in total. The minimum absolute atomic E-state index is 0.294. The SMILES string of the molecule is O=S(=O)(c1ccccc1)c1ccc(-c2c3c(cc(-c4ccccc4)c2-c2ccccc2)-c2ccccc2C3)cc1. The zero-order chi connectivity index (χ0) is 27.1. The lowest BCUT2D eigenvalue weighted by Crippen LogP contribution is -2.02. The second kappa shape index (κ2) is 9.78. The number of rotatable bonds is 5. The lowest BCUT2D eigenvalue weighted by atomic mass is 9.82. The van der Waals surface area contributed by atoms with Crippen LogP contribution in [0.2, 0.25) is 0 Å². The largest absolute Gasteiger partial charge is 0.219 e. The van der Waals surface area contributed by atoms with Crippen molar-refractivity contribution >= 4 is 9.84 Å². The Morgan fingerprint density at radius 2 is 0.950 bits per heavy atom. The van der Waals surface area contributed by atoms with Gasteiger partial charge in [-0.15, -0.1) is 0 Å². The molecule has 0 saturated heterocycles. The summed E-state index contributed by atoms with van der Waals surface area (Å²) in [4.78, 5) is 0.595. The maximum Gasteiger partial charge on any atom is 0.206 e. The summed E-state index contributed by atoms with van der Waals surface area (Å²) in [7, 11) is -3.61. The Labute approximate surface area is 235 Å². The molecule has 0 saturated carbocycles. The number of sulfone groups is 1. The molecule has 192 valence electrons. The summed E-state index contributed by atoms with van der Waals surface area (Å²) in [6, 6.07) is 48.0. The third-order valence-corrected chi connectivity index (χ3v) is 9.55. The molecule has 0 radical (unpaired) electrons. The van der Waals surface area contributed by atoms with E-state index in [0.717, 1.165) is 34.2 Å². The highest BCUT2D eigenvalue weighted by Gasteiger charge is 2.27. The molecule has 0 aliphatic heterocycles. The van der Waals surface area contributed by atoms with Crippen molar-refractivity contribution in [1.82, 2.24) is 0 Å². The first-order chi connectivity index (χ1) is 19.6. The molecule has 0 heterocycles. The van der Waals surface area contributed by atoms with Crippen LogP contribution in [0.25, 0.3) is 44.5 Å². The van der Waals surface area contributed by atoms with Crippen LogP contribution in [-0.2, 0) is 16.3 Å². The summed E-state index contributed by atoms with van der Waals surface area (Å²) in [5.41, 5.74) is 11.9. The molecule has 7 rings (SSSR count). The molecule has 0 fully saturated rings. The van der Waals surface area contributed by atoms with Gasteiger partial charge in [-0.1, -0.05) is 115 Å². The van der Waals surface area contributed by atoms with Crippen LogP contribution < -0.4 is 0 Å². The van der Waals surface area contributed by atoms with Gasteiger partial charge in [0.05, 0.1) is 9.79 Å². The van der Waals surface area contributed by atoms with Crippen LogP contribution in [0.4, 0.5) is 0 Å². The van der Waals surface area contributed by atoms with E-state index in [9.17, 15) is 8.42 Å². The lowest BCUT2D eigenvalue weighted by molar-refractivity contribution is 0.596. The van der Waals surface area contributed by atoms with Crippen molar-refractivity contribution in [3.63, 3.8) is 0 Å². The molecule has 0 unspecified atom stereocenters. The van der Waals surface area contributed by atoms with E-state index in [0.29, 0.717) is 9.79 Å². The van der Waals surface area contributed by atoms with Crippen LogP contribution in [0.5, 0.6) is 0 Å². The van der Waals surface area contributed by atoms with Crippen molar-refractivity contribution in [3.8, 4) is 44.5 Å². The monoisotopic (exact) mass is 534 g/mol. The molecule has 6 aromatic carbocycles. The van der Waals surface area contributed by atoms with Gasteiger partial charge in [0.25, 0.3) is 0 Å². The van der Waals surface area contributed by atoms with Crippen LogP contribution >= 0.6 is 0 Å². The summed E-state index contributed by atoms with van der Waals surface area (Å²) >= 11 is 0. The summed E-state index contributed by atoms with van der Waals surface area (Å²) < 4.78 is 26.7. The fraction of sp³-hybridized carbons (Fsp3) is 0.0270. The van der Waals surface area contributed by atoms with Crippen LogP contribution in [0.3, 0.4) is 0 Å². The maximum atomic E-state index is 13.3. The second-order valence-electron chi connectivity index (χ2n) is 10.1. The Bertz CT molecular complexity index is 1940. The topological polar surface area (TPSA) is 34.1 Å². The van der Waals surface area contributed by atoms with Gasteiger partial charge in [-0.3, -0.25) is 0 Å². The average Bonchev–Trinajstić information content (AvgIpc) is 3.40. The van der Waals surface area contributed by atoms with Crippen LogP contribution in [-0.4, -0.2) is 8.42 Å². The molecule has 0 bridgehead atoms. The zero-order valence-electron chi connectivity index (χ0n) is 21.8. The van der Waals surface area contributed by atoms with Crippen molar-refractivity contribution in [2.75, 3.05) is 0 Å². The van der Waals surface area contributed by atoms with E-state index in [4.69, 9.17) is 0 Å². The molecule has 6 aromatic rings. The molecule has 1 aliphatic rings. The molecule has 0 atom stereocenters. The Kier molecular flexibility index (Phi) is 5.95. The molecule has 0 spiro atoms. The summed E-state index contributed by atoms with van der Waals surface area (Å²) in [5.74, 6) is 0. The maximum absolute atomic E-state index is 13.3. The molecule has 3 heteroatoms. The third kappa shape index (κ3) is 4.07. The van der Waals surface area contributed by atoms with E-state index < -0.39 is 9.84 Å². The van der Waals surface area contributed by atoms with Crippen molar-refractivity contribution in [3.05, 3.63) is 157 Å². The Hall–Kier alpha value is -4.73. The minimum atomic E-state index is -3.61. The van der Waals surface area contributed by atoms with E-state index in [1.54, 1.807) is 36.4 Å². The summed E-state index contributed by atoms with van der Waals surface area (Å²) in [5, 5.41) is 0. The highest BCUT2D eigenvalue weighted by Crippen LogP contribution is 2.50. The van der Waals surface area contributed by atoms with E-state index in [1.165, 1.54) is 27.8 Å². The molecule has 0 amide bonds. The fourth-order valence-corrected chi connectivity index (χ4v) is 7.16. The molecular formula is C37H26O2S. The van der Waals surface area contributed by atoms with Gasteiger partial charge in [-0.25, -0.2) is 8.42 Å². The van der Waals surface area contributed by atoms with Crippen molar-refractivity contribution in [2.45, 2.75) is 16.2 Å². The summed E-state index contributed by atoms with van der Waals surface area (Å²) in [6.07, 6.45) is 0.833. The van der Waals surface area contributed by atoms with Gasteiger partial charge < -0.3 is 0 Å². The van der Waals surface area contributed by atoms with Gasteiger partial charge in [0, 0.05) is 0 Å². The highest BCUT2D eigenvalue weighted by molar-refractivity contribution is 7.91. The minimum Gasteiger partial charge on any atom is -0.219 e. The Morgan fingerprint density at radius 3 is 1.62 bits per heavy atom. The smallest absolute Gasteiger partial charge is 0.206 e. The third-order valence-electron chi connectivity index (χ3n) is 7.76. The molecule has 0 aromatic heterocycles. The first-order valence-corrected chi connectivity index (χ1v) is 14.9. The van der Waals surface area contributed by atoms with Gasteiger partial charge in [0.2, 0.25) is 9.84 Å². The fourth-order valence-electron chi connectivity index (χ4n) is 5.88. The quantitative estimate of drug-likeness (QED) is 0.221. The molecule has 40 heavy (non-hydrogen) atoms. The Morgan fingerprint density at radius 1 is 0.425 bits per heavy atom. The zero-order valence-corrected chi connectivity index (χ0v) is 22.6. The van der Waals surface area contributed by atoms with Crippen LogP contribution in [0.15, 0.2) is 155 Å². The number of hydrogen-bond acceptors (Lipinski definition) is 2. The molecule has 1 aliphatic carbocycles. The molecular weight excluding hydrogens is 508 g/mol. The van der Waals surface area contributed by atoms with Crippen LogP contribution in [0, 0.1) is 0 Å². The summed E-state index contributed by atoms with van der Waals surface area (Å²) in [6.45, 7) is 0. The number of hydrogen-bond donors (Lipinski definition) is 0. The first kappa shape index (κ1) is 24.3. The predicted molar refractivity (Wildman–Crippen MR) is 163 cm³/mol. The number of benzene rings is 6. The Balaban J connectivity index is 1.50. The number of fused-ring (bicyclic) bond motifs is 3. The normalized spacial score (nSPS) is 12.1. The van der Waals surface area contributed by atoms with Crippen molar-refractivity contribution in [2.24, 2.45) is 0 Å². The van der Waals surface area contributed by atoms with Gasteiger partial charge >= 0.3 is 0 Å². The first-order valence-electron chi connectivity index (χ1n) is 13.4. The standard InChI is InChI=1S/C37H26O2S/c38-40(39,30-17-8-3-9-18-30)31-22-20-28(21-23-31)37-35-24-29-16-10-11-19-32(29)34(35)25-33(26-12-4-1-5-13-26)36(37)27-14-6-2-7-15-27/h1-23,25H,24H2. The van der Waals surface area contributed by atoms with Crippen LogP contribution in [0.1, 0.15) is 11.1 Å². The van der Waals surface area contributed by atoms with E-state index in [2.05, 4.69) is 78.9 Å². The second-order valence-corrected chi connectivity index (χ2v) is 12.1. The van der Waals surface area contributed by atoms with Gasteiger partial charge in [-0.05, 0) is 92.4 Å². The van der Waals surface area contributed by atoms with Gasteiger partial charge in [0.15, 0.2) is 0 Å². The van der Waals surface area contributed by atoms with Crippen molar-refractivity contribution < 1.29 is 8.42 Å². The molecule has 2 nitrogen and oxygen atoms in total. The van der Waals surface area contributed by atoms with E-state index in [1.807, 2.05) is 30.3 Å².